The second kappa shape index (κ2) is 4.08. The molecule has 0 aromatic heterocycles. The normalized spacial score (nSPS) is 34.7. The minimum atomic E-state index is 0.337. The standard InChI is InChI=1S/C11H21N/c1-8-6-4-5-7-11(8)9(2)10(3)12/h4-5,8-11H,6-7,12H2,1-3H3. The summed E-state index contributed by atoms with van der Waals surface area (Å²) in [7, 11) is 0. The lowest BCUT2D eigenvalue weighted by atomic mass is 9.74. The number of rotatable bonds is 2. The minimum Gasteiger partial charge on any atom is -0.328 e. The first-order valence-corrected chi connectivity index (χ1v) is 5.03. The number of hydrogen-bond acceptors (Lipinski definition) is 1. The molecule has 4 unspecified atom stereocenters. The van der Waals surface area contributed by atoms with Crippen molar-refractivity contribution in [3.05, 3.63) is 12.2 Å². The molecule has 0 aliphatic heterocycles. The van der Waals surface area contributed by atoms with Crippen LogP contribution in [0.5, 0.6) is 0 Å². The van der Waals surface area contributed by atoms with Gasteiger partial charge in [-0.15, -0.1) is 0 Å². The molecule has 0 heterocycles. The lowest BCUT2D eigenvalue weighted by Crippen LogP contribution is -2.34. The molecule has 70 valence electrons. The van der Waals surface area contributed by atoms with Gasteiger partial charge in [0.2, 0.25) is 0 Å². The van der Waals surface area contributed by atoms with Crippen molar-refractivity contribution in [3.63, 3.8) is 0 Å². The molecule has 1 aliphatic rings. The Morgan fingerprint density at radius 3 is 2.33 bits per heavy atom. The Labute approximate surface area is 76.0 Å². The maximum absolute atomic E-state index is 5.90. The average molecular weight is 167 g/mol. The van der Waals surface area contributed by atoms with E-state index in [1.807, 2.05) is 0 Å². The zero-order valence-electron chi connectivity index (χ0n) is 8.46. The molecule has 0 bridgehead atoms. The van der Waals surface area contributed by atoms with Crippen molar-refractivity contribution in [1.29, 1.82) is 0 Å². The summed E-state index contributed by atoms with van der Waals surface area (Å²) < 4.78 is 0. The van der Waals surface area contributed by atoms with E-state index in [4.69, 9.17) is 5.73 Å². The van der Waals surface area contributed by atoms with Gasteiger partial charge in [-0.25, -0.2) is 0 Å². The smallest absolute Gasteiger partial charge is 0.00389 e. The van der Waals surface area contributed by atoms with Gasteiger partial charge in [-0.05, 0) is 37.5 Å². The predicted octanol–water partition coefficient (Wildman–Crippen LogP) is 2.57. The van der Waals surface area contributed by atoms with Gasteiger partial charge in [0.1, 0.15) is 0 Å². The monoisotopic (exact) mass is 167 g/mol. The van der Waals surface area contributed by atoms with E-state index in [1.165, 1.54) is 12.8 Å². The lowest BCUT2D eigenvalue weighted by Gasteiger charge is -2.32. The Morgan fingerprint density at radius 2 is 1.83 bits per heavy atom. The Hall–Kier alpha value is -0.300. The van der Waals surface area contributed by atoms with Gasteiger partial charge >= 0.3 is 0 Å². The molecule has 0 aromatic carbocycles. The van der Waals surface area contributed by atoms with Crippen molar-refractivity contribution < 1.29 is 0 Å². The quantitative estimate of drug-likeness (QED) is 0.628. The molecule has 0 spiro atoms. The highest BCUT2D eigenvalue weighted by atomic mass is 14.6. The van der Waals surface area contributed by atoms with Crippen LogP contribution in [0, 0.1) is 17.8 Å². The van der Waals surface area contributed by atoms with Crippen molar-refractivity contribution in [2.45, 2.75) is 39.7 Å². The van der Waals surface area contributed by atoms with Crippen LogP contribution in [-0.4, -0.2) is 6.04 Å². The van der Waals surface area contributed by atoms with Gasteiger partial charge in [-0.1, -0.05) is 26.0 Å². The van der Waals surface area contributed by atoms with Gasteiger partial charge in [0.25, 0.3) is 0 Å². The minimum absolute atomic E-state index is 0.337. The molecule has 12 heavy (non-hydrogen) atoms. The molecule has 1 aliphatic carbocycles. The SMILES string of the molecule is CC(N)C(C)C1CC=CCC1C. The number of nitrogens with two attached hydrogens (primary N) is 1. The van der Waals surface area contributed by atoms with E-state index < -0.39 is 0 Å². The fraction of sp³-hybridized carbons (Fsp3) is 0.818. The second-order valence-electron chi connectivity index (χ2n) is 4.30. The number of hydrogen-bond donors (Lipinski definition) is 1. The highest BCUT2D eigenvalue weighted by Crippen LogP contribution is 2.32. The van der Waals surface area contributed by atoms with Crippen molar-refractivity contribution in [3.8, 4) is 0 Å². The summed E-state index contributed by atoms with van der Waals surface area (Å²) in [5.74, 6) is 2.27. The first kappa shape index (κ1) is 9.79. The molecular weight excluding hydrogens is 146 g/mol. The van der Waals surface area contributed by atoms with E-state index in [9.17, 15) is 0 Å². The molecule has 2 N–H and O–H groups in total. The lowest BCUT2D eigenvalue weighted by molar-refractivity contribution is 0.224. The van der Waals surface area contributed by atoms with Gasteiger partial charge in [0.05, 0.1) is 0 Å². The van der Waals surface area contributed by atoms with E-state index >= 15 is 0 Å². The fourth-order valence-corrected chi connectivity index (χ4v) is 2.09. The van der Waals surface area contributed by atoms with Crippen LogP contribution < -0.4 is 5.73 Å². The fourth-order valence-electron chi connectivity index (χ4n) is 2.09. The molecule has 0 aromatic rings. The molecule has 1 heteroatoms. The molecule has 0 amide bonds. The summed E-state index contributed by atoms with van der Waals surface area (Å²) in [6, 6.07) is 0.337. The highest BCUT2D eigenvalue weighted by molar-refractivity contribution is 4.95. The van der Waals surface area contributed by atoms with E-state index in [0.29, 0.717) is 12.0 Å². The highest BCUT2D eigenvalue weighted by Gasteiger charge is 2.25. The van der Waals surface area contributed by atoms with E-state index in [2.05, 4.69) is 32.9 Å². The van der Waals surface area contributed by atoms with Crippen LogP contribution in [-0.2, 0) is 0 Å². The van der Waals surface area contributed by atoms with Crippen molar-refractivity contribution in [1.82, 2.24) is 0 Å². The topological polar surface area (TPSA) is 26.0 Å². The zero-order valence-corrected chi connectivity index (χ0v) is 8.46. The first-order chi connectivity index (χ1) is 5.63. The maximum atomic E-state index is 5.90. The van der Waals surface area contributed by atoms with E-state index in [0.717, 1.165) is 11.8 Å². The summed E-state index contributed by atoms with van der Waals surface area (Å²) in [6.07, 6.45) is 7.07. The molecule has 1 nitrogen and oxygen atoms in total. The third-order valence-corrected chi connectivity index (χ3v) is 3.32. The summed E-state index contributed by atoms with van der Waals surface area (Å²) in [6.45, 7) is 6.74. The summed E-state index contributed by atoms with van der Waals surface area (Å²) >= 11 is 0. The third kappa shape index (κ3) is 2.10. The van der Waals surface area contributed by atoms with Gasteiger partial charge in [-0.2, -0.15) is 0 Å². The van der Waals surface area contributed by atoms with Gasteiger partial charge in [0.15, 0.2) is 0 Å². The molecular formula is C11H21N. The van der Waals surface area contributed by atoms with Crippen LogP contribution in [0.4, 0.5) is 0 Å². The Bertz CT molecular complexity index is 160. The average Bonchev–Trinajstić information content (AvgIpc) is 2.04. The van der Waals surface area contributed by atoms with Crippen LogP contribution in [0.25, 0.3) is 0 Å². The van der Waals surface area contributed by atoms with E-state index in [1.54, 1.807) is 0 Å². The zero-order chi connectivity index (χ0) is 9.14. The third-order valence-electron chi connectivity index (χ3n) is 3.32. The molecule has 0 radical (unpaired) electrons. The van der Waals surface area contributed by atoms with Crippen LogP contribution in [0.1, 0.15) is 33.6 Å². The van der Waals surface area contributed by atoms with Crippen LogP contribution in [0.15, 0.2) is 12.2 Å². The molecule has 0 fully saturated rings. The van der Waals surface area contributed by atoms with Crippen molar-refractivity contribution in [2.24, 2.45) is 23.5 Å². The predicted molar refractivity (Wildman–Crippen MR) is 53.8 cm³/mol. The Morgan fingerprint density at radius 1 is 1.25 bits per heavy atom. The maximum Gasteiger partial charge on any atom is 0.00389 e. The first-order valence-electron chi connectivity index (χ1n) is 5.03. The summed E-state index contributed by atoms with van der Waals surface area (Å²) in [5, 5.41) is 0. The van der Waals surface area contributed by atoms with Crippen LogP contribution in [0.3, 0.4) is 0 Å². The van der Waals surface area contributed by atoms with Crippen LogP contribution >= 0.6 is 0 Å². The van der Waals surface area contributed by atoms with Crippen LogP contribution in [0.2, 0.25) is 0 Å². The largest absolute Gasteiger partial charge is 0.328 e. The molecule has 0 saturated heterocycles. The van der Waals surface area contributed by atoms with Gasteiger partial charge < -0.3 is 5.73 Å². The van der Waals surface area contributed by atoms with Gasteiger partial charge in [0, 0.05) is 6.04 Å². The van der Waals surface area contributed by atoms with Crippen molar-refractivity contribution >= 4 is 0 Å². The van der Waals surface area contributed by atoms with E-state index in [-0.39, 0.29) is 0 Å². The second-order valence-corrected chi connectivity index (χ2v) is 4.30. The summed E-state index contributed by atoms with van der Waals surface area (Å²) in [4.78, 5) is 0. The molecule has 4 atom stereocenters. The summed E-state index contributed by atoms with van der Waals surface area (Å²) in [5.41, 5.74) is 5.90. The molecule has 1 rings (SSSR count). The van der Waals surface area contributed by atoms with Gasteiger partial charge in [-0.3, -0.25) is 0 Å². The number of allylic oxidation sites excluding steroid dienone is 2. The van der Waals surface area contributed by atoms with Crippen molar-refractivity contribution in [2.75, 3.05) is 0 Å². The Balaban J connectivity index is 2.55. The Kier molecular flexibility index (Phi) is 3.33. The molecule has 0 saturated carbocycles.